The van der Waals surface area contributed by atoms with Crippen molar-refractivity contribution < 1.29 is 13.2 Å². The lowest BCUT2D eigenvalue weighted by Gasteiger charge is -2.30. The minimum absolute atomic E-state index is 0.337. The van der Waals surface area contributed by atoms with Gasteiger partial charge in [0.2, 0.25) is 15.9 Å². The van der Waals surface area contributed by atoms with Crippen LogP contribution in [-0.4, -0.2) is 31.2 Å². The summed E-state index contributed by atoms with van der Waals surface area (Å²) in [7, 11) is -3.69. The molecule has 0 bridgehead atoms. The smallest absolute Gasteiger partial charge is 0.248 e. The quantitative estimate of drug-likeness (QED) is 0.376. The van der Waals surface area contributed by atoms with E-state index in [9.17, 15) is 13.2 Å². The van der Waals surface area contributed by atoms with Crippen molar-refractivity contribution in [3.8, 4) is 0 Å². The van der Waals surface area contributed by atoms with Crippen molar-refractivity contribution >= 4 is 49.1 Å². The standard InChI is InChI=1S/C27H31N3O3S/c1-6-24(30(34(5,32)33)21-14-12-18(3)19(4)16-21)27(31)28-20-13-15-26-23(17-20)22-10-8-9-11-25(22)29(26)7-2/h8-17,24H,6-7H2,1-5H3,(H,28,31). The Kier molecular flexibility index (Phi) is 6.41. The molecule has 0 aliphatic rings. The summed E-state index contributed by atoms with van der Waals surface area (Å²) < 4.78 is 29.0. The molecule has 1 aromatic heterocycles. The zero-order valence-electron chi connectivity index (χ0n) is 20.3. The largest absolute Gasteiger partial charge is 0.341 e. The zero-order valence-corrected chi connectivity index (χ0v) is 21.1. The summed E-state index contributed by atoms with van der Waals surface area (Å²) in [6.07, 6.45) is 1.48. The van der Waals surface area contributed by atoms with Crippen LogP contribution in [0, 0.1) is 13.8 Å². The third-order valence-corrected chi connectivity index (χ3v) is 7.61. The highest BCUT2D eigenvalue weighted by molar-refractivity contribution is 7.92. The molecule has 1 N–H and O–H groups in total. The first-order valence-corrected chi connectivity index (χ1v) is 13.4. The molecule has 3 aromatic carbocycles. The van der Waals surface area contributed by atoms with Gasteiger partial charge in [0.15, 0.2) is 0 Å². The van der Waals surface area contributed by atoms with Crippen molar-refractivity contribution in [3.63, 3.8) is 0 Å². The Morgan fingerprint density at radius 1 is 0.941 bits per heavy atom. The van der Waals surface area contributed by atoms with E-state index in [1.807, 2.05) is 63.2 Å². The van der Waals surface area contributed by atoms with Gasteiger partial charge in [-0.1, -0.05) is 31.2 Å². The first-order chi connectivity index (χ1) is 16.2. The van der Waals surface area contributed by atoms with E-state index in [1.54, 1.807) is 6.07 Å². The highest BCUT2D eigenvalue weighted by atomic mass is 32.2. The number of benzene rings is 3. The number of carbonyl (C=O) groups excluding carboxylic acids is 1. The molecule has 1 unspecified atom stereocenters. The number of hydrogen-bond donors (Lipinski definition) is 1. The van der Waals surface area contributed by atoms with E-state index in [-0.39, 0.29) is 5.91 Å². The number of aryl methyl sites for hydroxylation is 3. The van der Waals surface area contributed by atoms with Gasteiger partial charge in [-0.25, -0.2) is 8.42 Å². The Hall–Kier alpha value is -3.32. The zero-order chi connectivity index (χ0) is 24.6. The van der Waals surface area contributed by atoms with Crippen LogP contribution in [0.1, 0.15) is 31.4 Å². The minimum atomic E-state index is -3.69. The Morgan fingerprint density at radius 2 is 1.65 bits per heavy atom. The fourth-order valence-electron chi connectivity index (χ4n) is 4.62. The maximum Gasteiger partial charge on any atom is 0.248 e. The molecule has 34 heavy (non-hydrogen) atoms. The lowest BCUT2D eigenvalue weighted by atomic mass is 10.1. The van der Waals surface area contributed by atoms with Crippen molar-refractivity contribution in [2.24, 2.45) is 0 Å². The van der Waals surface area contributed by atoms with E-state index in [2.05, 4.69) is 28.9 Å². The molecule has 4 aromatic rings. The topological polar surface area (TPSA) is 71.4 Å². The first kappa shape index (κ1) is 23.8. The van der Waals surface area contributed by atoms with Crippen molar-refractivity contribution in [2.75, 3.05) is 15.9 Å². The molecule has 6 nitrogen and oxygen atoms in total. The maximum absolute atomic E-state index is 13.4. The van der Waals surface area contributed by atoms with E-state index in [1.165, 1.54) is 4.31 Å². The number of aromatic nitrogens is 1. The third kappa shape index (κ3) is 4.28. The number of nitrogens with zero attached hydrogens (tertiary/aromatic N) is 2. The lowest BCUT2D eigenvalue weighted by molar-refractivity contribution is -0.117. The number of hydrogen-bond acceptors (Lipinski definition) is 3. The lowest BCUT2D eigenvalue weighted by Crippen LogP contribution is -2.47. The molecule has 0 saturated heterocycles. The summed E-state index contributed by atoms with van der Waals surface area (Å²) >= 11 is 0. The molecular formula is C27H31N3O3S. The van der Waals surface area contributed by atoms with Crippen molar-refractivity contribution in [1.29, 1.82) is 0 Å². The van der Waals surface area contributed by atoms with Crippen LogP contribution in [-0.2, 0) is 21.4 Å². The molecule has 7 heteroatoms. The second-order valence-electron chi connectivity index (χ2n) is 8.73. The number of sulfonamides is 1. The van der Waals surface area contributed by atoms with Crippen LogP contribution in [0.3, 0.4) is 0 Å². The molecule has 0 spiro atoms. The second-order valence-corrected chi connectivity index (χ2v) is 10.6. The van der Waals surface area contributed by atoms with Gasteiger partial charge >= 0.3 is 0 Å². The van der Waals surface area contributed by atoms with Gasteiger partial charge in [-0.3, -0.25) is 9.10 Å². The summed E-state index contributed by atoms with van der Waals surface area (Å²) in [5.41, 5.74) is 5.42. The van der Waals surface area contributed by atoms with E-state index in [0.717, 1.165) is 45.7 Å². The SMILES string of the molecule is CCC(C(=O)Nc1ccc2c(c1)c1ccccc1n2CC)N(c1ccc(C)c(C)c1)S(C)(=O)=O. The highest BCUT2D eigenvalue weighted by Gasteiger charge is 2.31. The van der Waals surface area contributed by atoms with E-state index < -0.39 is 16.1 Å². The Morgan fingerprint density at radius 3 is 2.29 bits per heavy atom. The molecule has 0 fully saturated rings. The van der Waals surface area contributed by atoms with Crippen LogP contribution in [0.2, 0.25) is 0 Å². The summed E-state index contributed by atoms with van der Waals surface area (Å²) in [5, 5.41) is 5.14. The van der Waals surface area contributed by atoms with E-state index >= 15 is 0 Å². The molecule has 1 atom stereocenters. The maximum atomic E-state index is 13.4. The van der Waals surface area contributed by atoms with Gasteiger partial charge in [-0.05, 0) is 74.7 Å². The van der Waals surface area contributed by atoms with Crippen LogP contribution in [0.15, 0.2) is 60.7 Å². The number of rotatable bonds is 7. The fraction of sp³-hybridized carbons (Fsp3) is 0.296. The van der Waals surface area contributed by atoms with Crippen LogP contribution >= 0.6 is 0 Å². The predicted octanol–water partition coefficient (Wildman–Crippen LogP) is 5.61. The Balaban J connectivity index is 1.72. The van der Waals surface area contributed by atoms with Gasteiger partial charge in [0.25, 0.3) is 0 Å². The number of carbonyl (C=O) groups is 1. The molecule has 0 radical (unpaired) electrons. The predicted molar refractivity (Wildman–Crippen MR) is 141 cm³/mol. The molecule has 0 aliphatic heterocycles. The highest BCUT2D eigenvalue weighted by Crippen LogP contribution is 2.31. The van der Waals surface area contributed by atoms with Crippen molar-refractivity contribution in [1.82, 2.24) is 4.57 Å². The number of anilines is 2. The molecule has 0 aliphatic carbocycles. The van der Waals surface area contributed by atoms with Gasteiger partial charge < -0.3 is 9.88 Å². The first-order valence-electron chi connectivity index (χ1n) is 11.5. The van der Waals surface area contributed by atoms with Crippen molar-refractivity contribution in [2.45, 2.75) is 46.7 Å². The molecule has 0 saturated carbocycles. The fourth-order valence-corrected chi connectivity index (χ4v) is 5.82. The van der Waals surface area contributed by atoms with Gasteiger partial charge in [-0.2, -0.15) is 0 Å². The summed E-state index contributed by atoms with van der Waals surface area (Å²) in [6.45, 7) is 8.68. The molecule has 4 rings (SSSR count). The second kappa shape index (κ2) is 9.14. The van der Waals surface area contributed by atoms with Crippen LogP contribution < -0.4 is 9.62 Å². The molecule has 1 amide bonds. The van der Waals surface area contributed by atoms with E-state index in [4.69, 9.17) is 0 Å². The van der Waals surface area contributed by atoms with Crippen molar-refractivity contribution in [3.05, 3.63) is 71.8 Å². The molecular weight excluding hydrogens is 446 g/mol. The molecule has 178 valence electrons. The van der Waals surface area contributed by atoms with Gasteiger partial charge in [-0.15, -0.1) is 0 Å². The average Bonchev–Trinajstić information content (AvgIpc) is 3.11. The monoisotopic (exact) mass is 477 g/mol. The van der Waals surface area contributed by atoms with Gasteiger partial charge in [0, 0.05) is 34.0 Å². The number of nitrogens with one attached hydrogen (secondary N) is 1. The Bertz CT molecular complexity index is 1490. The normalized spacial score (nSPS) is 12.7. The van der Waals surface area contributed by atoms with Crippen LogP contribution in [0.25, 0.3) is 21.8 Å². The number of amides is 1. The summed E-state index contributed by atoms with van der Waals surface area (Å²) in [4.78, 5) is 13.4. The van der Waals surface area contributed by atoms with Gasteiger partial charge in [0.1, 0.15) is 6.04 Å². The average molecular weight is 478 g/mol. The van der Waals surface area contributed by atoms with Crippen LogP contribution in [0.5, 0.6) is 0 Å². The minimum Gasteiger partial charge on any atom is -0.341 e. The van der Waals surface area contributed by atoms with Gasteiger partial charge in [0.05, 0.1) is 11.9 Å². The number of para-hydroxylation sites is 1. The molecule has 1 heterocycles. The summed E-state index contributed by atoms with van der Waals surface area (Å²) in [6, 6.07) is 18.6. The van der Waals surface area contributed by atoms with E-state index in [0.29, 0.717) is 17.8 Å². The Labute approximate surface area is 201 Å². The summed E-state index contributed by atoms with van der Waals surface area (Å²) in [5.74, 6) is -0.357. The van der Waals surface area contributed by atoms with Crippen LogP contribution in [0.4, 0.5) is 11.4 Å². The number of fused-ring (bicyclic) bond motifs is 3. The third-order valence-electron chi connectivity index (χ3n) is 6.43.